The van der Waals surface area contributed by atoms with Gasteiger partial charge in [-0.15, -0.1) is 0 Å². The molecule has 0 heterocycles. The Morgan fingerprint density at radius 3 is 2.28 bits per heavy atom. The van der Waals surface area contributed by atoms with Gasteiger partial charge in [-0.1, -0.05) is 36.3 Å². The molecule has 4 rings (SSSR count). The number of hydrogen-bond acceptors (Lipinski definition) is 6. The summed E-state index contributed by atoms with van der Waals surface area (Å²) in [7, 11) is -4.01. The van der Waals surface area contributed by atoms with Gasteiger partial charge < -0.3 is 10.2 Å². The van der Waals surface area contributed by atoms with Gasteiger partial charge >= 0.3 is 0 Å². The van der Waals surface area contributed by atoms with Crippen LogP contribution in [0.25, 0.3) is 0 Å². The predicted molar refractivity (Wildman–Crippen MR) is 107 cm³/mol. The fraction of sp³-hybridized carbons (Fsp3) is 0.500. The van der Waals surface area contributed by atoms with Crippen LogP contribution in [-0.2, 0) is 19.1 Å². The van der Waals surface area contributed by atoms with Gasteiger partial charge in [0.05, 0.1) is 17.6 Å². The molecule has 1 saturated carbocycles. The standard InChI is InChI=1S/C22H26O6S/c1-13-5-7-15(8-6-13)29(26,27)28-12-20(3)11-16-17(19(20)24)14(2)22(9-10-22)21(4,25)18(16)23/h5-8,11,19,24-25H,9-10,12H2,1-4H3/t19-,20+,21+/m1/s1. The normalized spacial score (nSPS) is 33.1. The molecule has 0 saturated heterocycles. The highest BCUT2D eigenvalue weighted by Crippen LogP contribution is 2.65. The zero-order valence-electron chi connectivity index (χ0n) is 17.0. The highest BCUT2D eigenvalue weighted by molar-refractivity contribution is 7.86. The van der Waals surface area contributed by atoms with Gasteiger partial charge in [-0.2, -0.15) is 8.42 Å². The van der Waals surface area contributed by atoms with E-state index in [2.05, 4.69) is 0 Å². The zero-order valence-corrected chi connectivity index (χ0v) is 17.8. The first-order chi connectivity index (χ1) is 13.4. The Morgan fingerprint density at radius 1 is 1.14 bits per heavy atom. The van der Waals surface area contributed by atoms with Crippen molar-refractivity contribution in [3.63, 3.8) is 0 Å². The van der Waals surface area contributed by atoms with E-state index in [9.17, 15) is 23.4 Å². The second-order valence-electron chi connectivity index (χ2n) is 9.02. The number of carbonyl (C=O) groups is 1. The summed E-state index contributed by atoms with van der Waals surface area (Å²) >= 11 is 0. The molecule has 0 bridgehead atoms. The van der Waals surface area contributed by atoms with Crippen LogP contribution in [0, 0.1) is 17.8 Å². The number of ketones is 1. The van der Waals surface area contributed by atoms with Crippen molar-refractivity contribution in [3.05, 3.63) is 52.6 Å². The monoisotopic (exact) mass is 418 g/mol. The van der Waals surface area contributed by atoms with Gasteiger partial charge in [0.15, 0.2) is 5.78 Å². The van der Waals surface area contributed by atoms with E-state index in [0.717, 1.165) is 11.1 Å². The Balaban J connectivity index is 1.66. The average molecular weight is 419 g/mol. The van der Waals surface area contributed by atoms with Crippen LogP contribution in [0.1, 0.15) is 39.2 Å². The Kier molecular flexibility index (Phi) is 4.31. The van der Waals surface area contributed by atoms with Gasteiger partial charge in [0, 0.05) is 16.4 Å². The van der Waals surface area contributed by atoms with E-state index in [-0.39, 0.29) is 17.1 Å². The molecule has 0 radical (unpaired) electrons. The summed E-state index contributed by atoms with van der Waals surface area (Å²) in [4.78, 5) is 13.0. The van der Waals surface area contributed by atoms with Crippen molar-refractivity contribution in [1.82, 2.24) is 0 Å². The molecule has 0 aliphatic heterocycles. The number of hydrogen-bond donors (Lipinski definition) is 2. The third kappa shape index (κ3) is 2.79. The third-order valence-corrected chi connectivity index (χ3v) is 8.27. The topological polar surface area (TPSA) is 101 Å². The van der Waals surface area contributed by atoms with Crippen molar-refractivity contribution < 1.29 is 27.6 Å². The summed E-state index contributed by atoms with van der Waals surface area (Å²) in [6, 6.07) is 6.31. The lowest BCUT2D eigenvalue weighted by Gasteiger charge is -2.39. The summed E-state index contributed by atoms with van der Waals surface area (Å²) in [5.74, 6) is -0.417. The number of aryl methyl sites for hydroxylation is 1. The maximum atomic E-state index is 13.0. The van der Waals surface area contributed by atoms with Crippen LogP contribution in [0.3, 0.4) is 0 Å². The molecule has 6 nitrogen and oxygen atoms in total. The van der Waals surface area contributed by atoms with E-state index in [1.807, 2.05) is 13.8 Å². The minimum absolute atomic E-state index is 0.0376. The number of carbonyl (C=O) groups excluding carboxylic acids is 1. The molecule has 3 atom stereocenters. The summed E-state index contributed by atoms with van der Waals surface area (Å²) in [6.45, 7) is 6.58. The van der Waals surface area contributed by atoms with E-state index >= 15 is 0 Å². The Morgan fingerprint density at radius 2 is 1.72 bits per heavy atom. The minimum atomic E-state index is -4.01. The van der Waals surface area contributed by atoms with Crippen molar-refractivity contribution in [2.24, 2.45) is 10.8 Å². The van der Waals surface area contributed by atoms with Crippen LogP contribution in [0.5, 0.6) is 0 Å². The lowest BCUT2D eigenvalue weighted by Crippen LogP contribution is -2.50. The second kappa shape index (κ2) is 6.11. The molecule has 1 aromatic rings. The molecule has 0 aromatic heterocycles. The van der Waals surface area contributed by atoms with Gasteiger partial charge in [0.1, 0.15) is 5.60 Å². The molecular weight excluding hydrogens is 392 g/mol. The molecule has 3 aliphatic rings. The van der Waals surface area contributed by atoms with Gasteiger partial charge in [-0.3, -0.25) is 8.98 Å². The second-order valence-corrected chi connectivity index (χ2v) is 10.6. The maximum absolute atomic E-state index is 13.0. The van der Waals surface area contributed by atoms with Crippen LogP contribution >= 0.6 is 0 Å². The van der Waals surface area contributed by atoms with E-state index in [0.29, 0.717) is 18.4 Å². The molecule has 1 aromatic carbocycles. The highest BCUT2D eigenvalue weighted by atomic mass is 32.2. The minimum Gasteiger partial charge on any atom is -0.387 e. The molecule has 156 valence electrons. The van der Waals surface area contributed by atoms with Crippen LogP contribution in [0.2, 0.25) is 0 Å². The van der Waals surface area contributed by atoms with Crippen LogP contribution in [0.15, 0.2) is 52.0 Å². The fourth-order valence-corrected chi connectivity index (χ4v) is 5.76. The van der Waals surface area contributed by atoms with Crippen LogP contribution < -0.4 is 0 Å². The number of Topliss-reactive ketones (excluding diaryl/α,β-unsaturated/α-hetero) is 1. The summed E-state index contributed by atoms with van der Waals surface area (Å²) < 4.78 is 30.4. The van der Waals surface area contributed by atoms with Crippen molar-refractivity contribution >= 4 is 15.9 Å². The Bertz CT molecular complexity index is 1060. The number of aliphatic hydroxyl groups excluding tert-OH is 1. The van der Waals surface area contributed by atoms with Crippen molar-refractivity contribution in [2.75, 3.05) is 6.61 Å². The van der Waals surface area contributed by atoms with Crippen molar-refractivity contribution in [2.45, 2.75) is 57.1 Å². The van der Waals surface area contributed by atoms with E-state index < -0.39 is 38.4 Å². The van der Waals surface area contributed by atoms with E-state index in [1.54, 1.807) is 25.1 Å². The molecule has 1 fully saturated rings. The molecule has 7 heteroatoms. The van der Waals surface area contributed by atoms with Crippen molar-refractivity contribution in [1.29, 1.82) is 0 Å². The number of benzene rings is 1. The quantitative estimate of drug-likeness (QED) is 0.729. The smallest absolute Gasteiger partial charge is 0.297 e. The van der Waals surface area contributed by atoms with Gasteiger partial charge in [0.25, 0.3) is 10.1 Å². The van der Waals surface area contributed by atoms with E-state index in [1.165, 1.54) is 19.1 Å². The molecule has 0 unspecified atom stereocenters. The lowest BCUT2D eigenvalue weighted by molar-refractivity contribution is -0.138. The predicted octanol–water partition coefficient (Wildman–Crippen LogP) is 2.44. The first-order valence-electron chi connectivity index (χ1n) is 9.72. The van der Waals surface area contributed by atoms with Gasteiger partial charge in [0.2, 0.25) is 0 Å². The molecule has 2 N–H and O–H groups in total. The third-order valence-electron chi connectivity index (χ3n) is 6.99. The highest BCUT2D eigenvalue weighted by Gasteiger charge is 2.66. The first-order valence-corrected chi connectivity index (χ1v) is 11.1. The van der Waals surface area contributed by atoms with Gasteiger partial charge in [-0.05, 0) is 51.3 Å². The van der Waals surface area contributed by atoms with Crippen LogP contribution in [-0.4, -0.2) is 42.7 Å². The van der Waals surface area contributed by atoms with Crippen LogP contribution in [0.4, 0.5) is 0 Å². The molecule has 1 spiro atoms. The molecule has 3 aliphatic carbocycles. The van der Waals surface area contributed by atoms with E-state index in [4.69, 9.17) is 4.18 Å². The molecular formula is C22H26O6S. The maximum Gasteiger partial charge on any atom is 0.297 e. The number of rotatable bonds is 4. The average Bonchev–Trinajstić information content (AvgIpc) is 3.42. The summed E-state index contributed by atoms with van der Waals surface area (Å²) in [6.07, 6.45) is 1.86. The van der Waals surface area contributed by atoms with Gasteiger partial charge in [-0.25, -0.2) is 0 Å². The summed E-state index contributed by atoms with van der Waals surface area (Å²) in [5.41, 5.74) is -0.724. The zero-order chi connectivity index (χ0) is 21.4. The number of aliphatic hydroxyl groups is 2. The fourth-order valence-electron chi connectivity index (χ4n) is 4.75. The Hall–Kier alpha value is -1.80. The first kappa shape index (κ1) is 20.5. The van der Waals surface area contributed by atoms with Crippen molar-refractivity contribution in [3.8, 4) is 0 Å². The SMILES string of the molecule is CC1=C2C(=C[C@@](C)(COS(=O)(=O)c3ccc(C)cc3)[C@@H]2O)C(=O)[C@](C)(O)C12CC2. The summed E-state index contributed by atoms with van der Waals surface area (Å²) in [5, 5.41) is 22.0. The number of fused-ring (bicyclic) bond motifs is 1. The Labute approximate surface area is 171 Å². The largest absolute Gasteiger partial charge is 0.387 e. The molecule has 0 amide bonds. The lowest BCUT2D eigenvalue weighted by atomic mass is 9.67. The molecule has 29 heavy (non-hydrogen) atoms.